The Balaban J connectivity index is 2.66. The average molecular weight is 193 g/mol. The Labute approximate surface area is 87.0 Å². The third-order valence-corrected chi connectivity index (χ3v) is 2.49. The number of hydrogen-bond acceptors (Lipinski definition) is 2. The lowest BCUT2D eigenvalue weighted by atomic mass is 9.63. The average Bonchev–Trinajstić information content (AvgIpc) is 1.99. The van der Waals surface area contributed by atoms with Crippen molar-refractivity contribution in [3.8, 4) is 0 Å². The van der Waals surface area contributed by atoms with Crippen molar-refractivity contribution in [3.63, 3.8) is 0 Å². The van der Waals surface area contributed by atoms with Gasteiger partial charge in [-0.2, -0.15) is 0 Å². The molecule has 1 atom stereocenters. The fourth-order valence-electron chi connectivity index (χ4n) is 1.68. The molecule has 0 spiro atoms. The van der Waals surface area contributed by atoms with E-state index in [1.165, 1.54) is 6.92 Å². The van der Waals surface area contributed by atoms with Crippen LogP contribution in [0.4, 0.5) is 4.39 Å². The molecule has 1 saturated heterocycles. The molecule has 0 aliphatic carbocycles. The first-order valence-electron chi connectivity index (χ1n) is 4.66. The van der Waals surface area contributed by atoms with Gasteiger partial charge in [-0.25, -0.2) is 4.39 Å². The molecule has 2 nitrogen and oxygen atoms in total. The summed E-state index contributed by atoms with van der Waals surface area (Å²) in [5.74, 6) is 0. The van der Waals surface area contributed by atoms with E-state index < -0.39 is 11.1 Å². The Morgan fingerprint density at radius 2 is 2.21 bits per heavy atom. The van der Waals surface area contributed by atoms with E-state index in [4.69, 9.17) is 15.7 Å². The van der Waals surface area contributed by atoms with E-state index in [0.29, 0.717) is 19.4 Å². The minimum atomic E-state index is -1.95. The van der Waals surface area contributed by atoms with Gasteiger partial charge in [-0.3, -0.25) is 0 Å². The monoisotopic (exact) mass is 193 g/mol. The van der Waals surface area contributed by atoms with Crippen LogP contribution < -0.4 is 0 Å². The predicted octanol–water partition coefficient (Wildman–Crippen LogP) is 0.307. The first-order chi connectivity index (χ1) is 6.22. The van der Waals surface area contributed by atoms with E-state index in [-0.39, 0.29) is 12.2 Å². The second-order valence-electron chi connectivity index (χ2n) is 4.21. The summed E-state index contributed by atoms with van der Waals surface area (Å²) in [4.78, 5) is 1.60. The Kier molecular flexibility index (Phi) is 3.00. The van der Waals surface area contributed by atoms with Crippen molar-refractivity contribution in [2.75, 3.05) is 13.1 Å². The van der Waals surface area contributed by atoms with Gasteiger partial charge in [-0.1, -0.05) is 6.58 Å². The fourth-order valence-corrected chi connectivity index (χ4v) is 1.68. The van der Waals surface area contributed by atoms with Crippen LogP contribution in [0.1, 0.15) is 19.8 Å². The molecule has 0 amide bonds. The predicted molar refractivity (Wildman–Crippen MR) is 55.9 cm³/mol. The summed E-state index contributed by atoms with van der Waals surface area (Å²) in [6, 6.07) is 0. The van der Waals surface area contributed by atoms with Crippen LogP contribution in [0.15, 0.2) is 12.3 Å². The summed E-state index contributed by atoms with van der Waals surface area (Å²) >= 11 is 0. The van der Waals surface area contributed by atoms with Crippen LogP contribution in [0.5, 0.6) is 0 Å². The lowest BCUT2D eigenvalue weighted by Crippen LogP contribution is -2.49. The highest BCUT2D eigenvalue weighted by Crippen LogP contribution is 2.28. The Morgan fingerprint density at radius 1 is 1.64 bits per heavy atom. The summed E-state index contributed by atoms with van der Waals surface area (Å²) in [5, 5.41) is 7.35. The fraction of sp³-hybridized carbons (Fsp3) is 0.778. The van der Waals surface area contributed by atoms with Gasteiger partial charge in [0.2, 0.25) is 0 Å². The zero-order valence-corrected chi connectivity index (χ0v) is 8.46. The number of piperidine rings is 1. The summed E-state index contributed by atoms with van der Waals surface area (Å²) in [6.45, 7) is 5.92. The molecule has 0 aromatic heterocycles. The molecule has 1 fully saturated rings. The smallest absolute Gasteiger partial charge is 0.125 e. The number of nitrogens with zero attached hydrogens (tertiary/aromatic N) is 1. The molecule has 1 aliphatic rings. The molecule has 1 N–H and O–H groups in total. The molecule has 74 valence electrons. The Hall–Kier alpha value is -0.440. The standard InChI is InChI=1S/C9H14B2FNO/c1-7(9(10,11)14)13-5-3-4-8(2,12)6-13/h14H,1,3-6H2,2H3. The van der Waals surface area contributed by atoms with Crippen LogP contribution in [-0.2, 0) is 0 Å². The molecular weight excluding hydrogens is 179 g/mol. The van der Waals surface area contributed by atoms with Gasteiger partial charge >= 0.3 is 0 Å². The first kappa shape index (κ1) is 11.6. The molecule has 14 heavy (non-hydrogen) atoms. The van der Waals surface area contributed by atoms with E-state index >= 15 is 0 Å². The SMILES string of the molecule is [B]C([B])(O)C(=C)N1CCCC(C)(F)C1. The number of rotatable bonds is 2. The molecule has 1 unspecified atom stereocenters. The number of likely N-dealkylation sites (tertiary alicyclic amines) is 1. The van der Waals surface area contributed by atoms with Crippen molar-refractivity contribution in [1.29, 1.82) is 0 Å². The van der Waals surface area contributed by atoms with Crippen LogP contribution in [0.3, 0.4) is 0 Å². The van der Waals surface area contributed by atoms with E-state index in [1.54, 1.807) is 4.90 Å². The van der Waals surface area contributed by atoms with E-state index in [2.05, 4.69) is 6.58 Å². The van der Waals surface area contributed by atoms with Crippen molar-refractivity contribution in [1.82, 2.24) is 4.90 Å². The van der Waals surface area contributed by atoms with Gasteiger partial charge in [0.15, 0.2) is 0 Å². The van der Waals surface area contributed by atoms with Crippen LogP contribution >= 0.6 is 0 Å². The largest absolute Gasteiger partial charge is 0.403 e. The molecule has 0 aromatic rings. The summed E-state index contributed by atoms with van der Waals surface area (Å²) in [6.07, 6.45) is 1.23. The minimum absolute atomic E-state index is 0.168. The van der Waals surface area contributed by atoms with Crippen LogP contribution in [0.2, 0.25) is 0 Å². The highest BCUT2D eigenvalue weighted by Gasteiger charge is 2.33. The summed E-state index contributed by atoms with van der Waals surface area (Å²) in [5.41, 5.74) is -1.09. The van der Waals surface area contributed by atoms with Crippen molar-refractivity contribution >= 4 is 15.7 Å². The van der Waals surface area contributed by atoms with Gasteiger partial charge in [-0.05, 0) is 19.8 Å². The molecular formula is C9H14B2FNO. The van der Waals surface area contributed by atoms with Crippen molar-refractivity contribution < 1.29 is 9.50 Å². The second-order valence-corrected chi connectivity index (χ2v) is 4.21. The molecule has 0 aromatic carbocycles. The highest BCUT2D eigenvalue weighted by atomic mass is 19.1. The van der Waals surface area contributed by atoms with E-state index in [9.17, 15) is 9.50 Å². The first-order valence-corrected chi connectivity index (χ1v) is 4.66. The summed E-state index contributed by atoms with van der Waals surface area (Å²) in [7, 11) is 10.5. The minimum Gasteiger partial charge on any atom is -0.403 e. The zero-order valence-electron chi connectivity index (χ0n) is 8.46. The highest BCUT2D eigenvalue weighted by molar-refractivity contribution is 6.40. The third-order valence-electron chi connectivity index (χ3n) is 2.49. The number of halogens is 1. The normalized spacial score (nSPS) is 28.9. The second kappa shape index (κ2) is 3.61. The van der Waals surface area contributed by atoms with E-state index in [0.717, 1.165) is 0 Å². The van der Waals surface area contributed by atoms with Crippen LogP contribution in [0, 0.1) is 0 Å². The lowest BCUT2D eigenvalue weighted by molar-refractivity contribution is 0.0648. The molecule has 1 rings (SSSR count). The quantitative estimate of drug-likeness (QED) is 0.637. The maximum Gasteiger partial charge on any atom is 0.125 e. The summed E-state index contributed by atoms with van der Waals surface area (Å²) < 4.78 is 13.6. The van der Waals surface area contributed by atoms with Crippen LogP contribution in [-0.4, -0.2) is 49.9 Å². The topological polar surface area (TPSA) is 23.5 Å². The van der Waals surface area contributed by atoms with Gasteiger partial charge in [0, 0.05) is 17.6 Å². The molecule has 4 radical (unpaired) electrons. The number of alkyl halides is 1. The van der Waals surface area contributed by atoms with Gasteiger partial charge < -0.3 is 10.0 Å². The maximum absolute atomic E-state index is 13.6. The third kappa shape index (κ3) is 2.77. The number of hydrogen-bond donors (Lipinski definition) is 1. The van der Waals surface area contributed by atoms with Gasteiger partial charge in [0.25, 0.3) is 0 Å². The number of aliphatic hydroxyl groups is 1. The lowest BCUT2D eigenvalue weighted by Gasteiger charge is -2.41. The zero-order chi connectivity index (χ0) is 11.0. The van der Waals surface area contributed by atoms with Gasteiger partial charge in [-0.15, -0.1) is 0 Å². The van der Waals surface area contributed by atoms with Gasteiger partial charge in [0.1, 0.15) is 21.4 Å². The molecule has 1 aliphatic heterocycles. The Morgan fingerprint density at radius 3 is 2.64 bits per heavy atom. The molecule has 0 bridgehead atoms. The van der Waals surface area contributed by atoms with Gasteiger partial charge in [0.05, 0.1) is 6.54 Å². The van der Waals surface area contributed by atoms with Crippen molar-refractivity contribution in [2.45, 2.75) is 30.8 Å². The van der Waals surface area contributed by atoms with Crippen LogP contribution in [0.25, 0.3) is 0 Å². The molecule has 0 saturated carbocycles. The Bertz CT molecular complexity index is 237. The maximum atomic E-state index is 13.6. The molecule has 1 heterocycles. The van der Waals surface area contributed by atoms with E-state index in [1.807, 2.05) is 0 Å². The van der Waals surface area contributed by atoms with Crippen molar-refractivity contribution in [2.24, 2.45) is 0 Å². The van der Waals surface area contributed by atoms with Crippen molar-refractivity contribution in [3.05, 3.63) is 12.3 Å². The molecule has 5 heteroatoms.